The first kappa shape index (κ1) is 11.3. The molecule has 1 heterocycles. The predicted octanol–water partition coefficient (Wildman–Crippen LogP) is -1.60. The molecule has 0 aliphatic heterocycles. The zero-order chi connectivity index (χ0) is 11.4. The standard InChI is InChI=1S/C8H12N2O5/c9-6-2-10(14)8(13)1-7(6)15-4-5(12)3-11/h1-2,5,11-12,14H,3-4,9H2. The average molecular weight is 216 g/mol. The number of ether oxygens (including phenoxy) is 1. The zero-order valence-electron chi connectivity index (χ0n) is 7.83. The van der Waals surface area contributed by atoms with Crippen LogP contribution in [0.1, 0.15) is 0 Å². The lowest BCUT2D eigenvalue weighted by molar-refractivity contribution is 0.0535. The number of aliphatic hydroxyl groups is 2. The van der Waals surface area contributed by atoms with Gasteiger partial charge in [0.2, 0.25) is 0 Å². The largest absolute Gasteiger partial charge is 0.488 e. The SMILES string of the molecule is Nc1cn(O)c(=O)cc1OCC(O)CO. The van der Waals surface area contributed by atoms with E-state index in [4.69, 9.17) is 25.9 Å². The summed E-state index contributed by atoms with van der Waals surface area (Å²) in [4.78, 5) is 11.0. The Morgan fingerprint density at radius 3 is 2.87 bits per heavy atom. The second-order valence-corrected chi connectivity index (χ2v) is 2.92. The van der Waals surface area contributed by atoms with Gasteiger partial charge in [-0.1, -0.05) is 0 Å². The van der Waals surface area contributed by atoms with Crippen molar-refractivity contribution in [1.29, 1.82) is 0 Å². The van der Waals surface area contributed by atoms with Crippen molar-refractivity contribution >= 4 is 5.69 Å². The van der Waals surface area contributed by atoms with Gasteiger partial charge >= 0.3 is 0 Å². The molecule has 0 aliphatic rings. The molecule has 0 saturated heterocycles. The van der Waals surface area contributed by atoms with E-state index in [-0.39, 0.29) is 18.0 Å². The van der Waals surface area contributed by atoms with Crippen LogP contribution in [0.2, 0.25) is 0 Å². The number of anilines is 1. The van der Waals surface area contributed by atoms with Crippen molar-refractivity contribution in [2.75, 3.05) is 18.9 Å². The molecule has 0 saturated carbocycles. The van der Waals surface area contributed by atoms with Crippen molar-refractivity contribution in [3.05, 3.63) is 22.6 Å². The summed E-state index contributed by atoms with van der Waals surface area (Å²) in [5.41, 5.74) is 4.79. The van der Waals surface area contributed by atoms with Gasteiger partial charge in [-0.2, -0.15) is 4.73 Å². The first-order chi connectivity index (χ1) is 7.04. The molecular formula is C8H12N2O5. The highest BCUT2D eigenvalue weighted by Gasteiger charge is 2.07. The number of aliphatic hydroxyl groups excluding tert-OH is 2. The van der Waals surface area contributed by atoms with Crippen LogP contribution in [0.25, 0.3) is 0 Å². The summed E-state index contributed by atoms with van der Waals surface area (Å²) in [5, 5.41) is 26.4. The highest BCUT2D eigenvalue weighted by atomic mass is 16.5. The molecule has 15 heavy (non-hydrogen) atoms. The molecule has 0 aromatic carbocycles. The van der Waals surface area contributed by atoms with Crippen LogP contribution in [0.3, 0.4) is 0 Å². The predicted molar refractivity (Wildman–Crippen MR) is 50.9 cm³/mol. The number of hydrogen-bond donors (Lipinski definition) is 4. The van der Waals surface area contributed by atoms with Crippen LogP contribution in [0.5, 0.6) is 5.75 Å². The van der Waals surface area contributed by atoms with Crippen LogP contribution in [0.15, 0.2) is 17.1 Å². The molecule has 1 aromatic heterocycles. The fourth-order valence-corrected chi connectivity index (χ4v) is 0.884. The van der Waals surface area contributed by atoms with Crippen molar-refractivity contribution in [3.8, 4) is 5.75 Å². The smallest absolute Gasteiger partial charge is 0.286 e. The van der Waals surface area contributed by atoms with Gasteiger partial charge in [-0.05, 0) is 0 Å². The third kappa shape index (κ3) is 2.86. The number of nitrogens with two attached hydrogens (primary N) is 1. The van der Waals surface area contributed by atoms with Crippen LogP contribution in [-0.2, 0) is 0 Å². The fraction of sp³-hybridized carbons (Fsp3) is 0.375. The van der Waals surface area contributed by atoms with E-state index in [0.717, 1.165) is 12.3 Å². The molecule has 84 valence electrons. The van der Waals surface area contributed by atoms with E-state index in [1.165, 1.54) is 0 Å². The molecule has 1 aromatic rings. The highest BCUT2D eigenvalue weighted by molar-refractivity contribution is 5.49. The molecule has 0 aliphatic carbocycles. The normalized spacial score (nSPS) is 12.4. The molecule has 5 N–H and O–H groups in total. The Hall–Kier alpha value is -1.73. The summed E-state index contributed by atoms with van der Waals surface area (Å²) in [5.74, 6) is 0.0535. The second kappa shape index (κ2) is 4.67. The minimum atomic E-state index is -1.04. The van der Waals surface area contributed by atoms with Gasteiger partial charge in [0.05, 0.1) is 24.6 Å². The molecule has 1 unspecified atom stereocenters. The molecule has 0 spiro atoms. The quantitative estimate of drug-likeness (QED) is 0.450. The number of hydrogen-bond acceptors (Lipinski definition) is 6. The van der Waals surface area contributed by atoms with Crippen molar-refractivity contribution in [2.24, 2.45) is 0 Å². The maximum Gasteiger partial charge on any atom is 0.286 e. The topological polar surface area (TPSA) is 118 Å². The van der Waals surface area contributed by atoms with Crippen LogP contribution in [0, 0.1) is 0 Å². The van der Waals surface area contributed by atoms with E-state index >= 15 is 0 Å². The Balaban J connectivity index is 2.78. The minimum absolute atomic E-state index is 0.0535. The minimum Gasteiger partial charge on any atom is -0.488 e. The van der Waals surface area contributed by atoms with Gasteiger partial charge in [0.1, 0.15) is 18.5 Å². The van der Waals surface area contributed by atoms with Crippen LogP contribution >= 0.6 is 0 Å². The first-order valence-electron chi connectivity index (χ1n) is 4.17. The van der Waals surface area contributed by atoms with E-state index in [9.17, 15) is 4.79 Å². The third-order valence-corrected chi connectivity index (χ3v) is 1.67. The van der Waals surface area contributed by atoms with Crippen LogP contribution in [-0.4, -0.2) is 39.5 Å². The van der Waals surface area contributed by atoms with Crippen LogP contribution < -0.4 is 16.0 Å². The maximum atomic E-state index is 11.0. The number of nitrogens with zero attached hydrogens (tertiary/aromatic N) is 1. The number of nitrogen functional groups attached to an aromatic ring is 1. The van der Waals surface area contributed by atoms with Gasteiger partial charge in [0.15, 0.2) is 0 Å². The lowest BCUT2D eigenvalue weighted by Gasteiger charge is -2.11. The van der Waals surface area contributed by atoms with E-state index < -0.39 is 18.3 Å². The summed E-state index contributed by atoms with van der Waals surface area (Å²) < 4.78 is 5.29. The van der Waals surface area contributed by atoms with Crippen molar-refractivity contribution < 1.29 is 20.2 Å². The van der Waals surface area contributed by atoms with Gasteiger partial charge in [0, 0.05) is 0 Å². The molecule has 0 radical (unpaired) electrons. The van der Waals surface area contributed by atoms with Crippen molar-refractivity contribution in [2.45, 2.75) is 6.10 Å². The van der Waals surface area contributed by atoms with E-state index in [1.54, 1.807) is 0 Å². The van der Waals surface area contributed by atoms with E-state index in [1.807, 2.05) is 0 Å². The number of rotatable bonds is 4. The van der Waals surface area contributed by atoms with Crippen molar-refractivity contribution in [3.63, 3.8) is 0 Å². The Labute approximate surface area is 84.9 Å². The molecule has 0 amide bonds. The summed E-state index contributed by atoms with van der Waals surface area (Å²) in [6.07, 6.45) is -0.0517. The molecule has 0 fully saturated rings. The monoisotopic (exact) mass is 216 g/mol. The maximum absolute atomic E-state index is 11.0. The van der Waals surface area contributed by atoms with Gasteiger partial charge in [-0.3, -0.25) is 4.79 Å². The Morgan fingerprint density at radius 1 is 1.60 bits per heavy atom. The van der Waals surface area contributed by atoms with E-state index in [0.29, 0.717) is 4.73 Å². The third-order valence-electron chi connectivity index (χ3n) is 1.67. The van der Waals surface area contributed by atoms with Crippen molar-refractivity contribution in [1.82, 2.24) is 4.73 Å². The lowest BCUT2D eigenvalue weighted by Crippen LogP contribution is -2.23. The molecule has 1 atom stereocenters. The van der Waals surface area contributed by atoms with Gasteiger partial charge in [0.25, 0.3) is 5.56 Å². The van der Waals surface area contributed by atoms with Gasteiger partial charge in [-0.15, -0.1) is 0 Å². The molecule has 0 bridgehead atoms. The summed E-state index contributed by atoms with van der Waals surface area (Å²) in [6, 6.07) is 0.986. The number of pyridine rings is 1. The van der Waals surface area contributed by atoms with Gasteiger partial charge in [-0.25, -0.2) is 0 Å². The Morgan fingerprint density at radius 2 is 2.27 bits per heavy atom. The fourth-order valence-electron chi connectivity index (χ4n) is 0.884. The summed E-state index contributed by atoms with van der Waals surface area (Å²) in [7, 11) is 0. The average Bonchev–Trinajstić information content (AvgIpc) is 2.21. The summed E-state index contributed by atoms with van der Waals surface area (Å²) >= 11 is 0. The molecular weight excluding hydrogens is 204 g/mol. The number of aromatic nitrogens is 1. The second-order valence-electron chi connectivity index (χ2n) is 2.92. The Bertz CT molecular complexity index is 389. The van der Waals surface area contributed by atoms with E-state index in [2.05, 4.69) is 0 Å². The van der Waals surface area contributed by atoms with Gasteiger partial charge < -0.3 is 25.9 Å². The molecule has 7 heteroatoms. The van der Waals surface area contributed by atoms with Crippen LogP contribution in [0.4, 0.5) is 5.69 Å². The molecule has 7 nitrogen and oxygen atoms in total. The lowest BCUT2D eigenvalue weighted by atomic mass is 10.3. The zero-order valence-corrected chi connectivity index (χ0v) is 7.83. The Kier molecular flexibility index (Phi) is 3.53. The highest BCUT2D eigenvalue weighted by Crippen LogP contribution is 2.17. The first-order valence-corrected chi connectivity index (χ1v) is 4.17. The summed E-state index contributed by atoms with van der Waals surface area (Å²) in [6.45, 7) is -0.632. The molecule has 1 rings (SSSR count).